The molecule has 1 amide bonds. The summed E-state index contributed by atoms with van der Waals surface area (Å²) in [5, 5.41) is 46.9. The highest BCUT2D eigenvalue weighted by Crippen LogP contribution is 2.54. The number of carbonyl (C=O) groups is 2. The molecular weight excluding hydrogens is 486 g/mol. The smallest absolute Gasteiger partial charge is 0.252 e. The molecule has 0 bridgehead atoms. The van der Waals surface area contributed by atoms with Crippen LogP contribution in [-0.4, -0.2) is 69.8 Å². The Kier molecular flexibility index (Phi) is 8.33. The number of aliphatic hydroxyl groups excluding tert-OH is 3. The van der Waals surface area contributed by atoms with Crippen molar-refractivity contribution in [3.63, 3.8) is 0 Å². The Balaban J connectivity index is 2.08. The lowest BCUT2D eigenvalue weighted by molar-refractivity contribution is -0.121. The van der Waals surface area contributed by atoms with Gasteiger partial charge in [0.2, 0.25) is 0 Å². The summed E-state index contributed by atoms with van der Waals surface area (Å²) in [5.41, 5.74) is 5.15. The number of rotatable bonds is 8. The van der Waals surface area contributed by atoms with Crippen LogP contribution in [-0.2, 0) is 9.59 Å². The summed E-state index contributed by atoms with van der Waals surface area (Å²) in [6, 6.07) is 0. The van der Waals surface area contributed by atoms with Crippen molar-refractivity contribution in [2.75, 3.05) is 27.2 Å². The average Bonchev–Trinajstić information content (AvgIpc) is 2.80. The van der Waals surface area contributed by atoms with Crippen LogP contribution in [0.2, 0.25) is 0 Å². The van der Waals surface area contributed by atoms with E-state index in [4.69, 9.17) is 5.73 Å². The number of carbonyl (C=O) groups excluding carboxylic acids is 2. The van der Waals surface area contributed by atoms with Crippen LogP contribution in [0, 0.1) is 23.7 Å². The number of nitrogens with two attached hydrogens (primary N) is 1. The van der Waals surface area contributed by atoms with Crippen molar-refractivity contribution in [1.29, 1.82) is 0 Å². The normalized spacial score (nSPS) is 29.3. The van der Waals surface area contributed by atoms with Crippen molar-refractivity contribution in [1.82, 2.24) is 10.2 Å². The first-order chi connectivity index (χ1) is 17.6. The average molecular weight is 528 g/mol. The predicted molar refractivity (Wildman–Crippen MR) is 146 cm³/mol. The molecule has 0 aliphatic heterocycles. The van der Waals surface area contributed by atoms with Crippen LogP contribution in [0.4, 0.5) is 0 Å². The minimum atomic E-state index is -2.06. The number of Topliss-reactive ketones (excluding diaryl/α,β-unsaturated/α-hetero) is 1. The number of aliphatic hydroxyl groups is 4. The summed E-state index contributed by atoms with van der Waals surface area (Å²) in [6.07, 6.45) is 2.46. The number of nitrogens with one attached hydrogen (secondary N) is 1. The number of hydrogen-bond acceptors (Lipinski definition) is 8. The Morgan fingerprint density at radius 3 is 2.45 bits per heavy atom. The van der Waals surface area contributed by atoms with Gasteiger partial charge >= 0.3 is 0 Å². The lowest BCUT2D eigenvalue weighted by Crippen LogP contribution is -2.52. The van der Waals surface area contributed by atoms with Crippen LogP contribution in [0.5, 0.6) is 0 Å². The molecule has 9 heteroatoms. The second-order valence-corrected chi connectivity index (χ2v) is 11.3. The molecule has 7 N–H and O–H groups in total. The molecule has 208 valence electrons. The van der Waals surface area contributed by atoms with Crippen LogP contribution < -0.4 is 11.1 Å². The Bertz CT molecular complexity index is 1190. The highest BCUT2D eigenvalue weighted by Gasteiger charge is 2.57. The first-order valence-corrected chi connectivity index (χ1v) is 12.9. The topological polar surface area (TPSA) is 156 Å². The molecule has 3 aliphatic carbocycles. The predicted octanol–water partition coefficient (Wildman–Crippen LogP) is 3.09. The van der Waals surface area contributed by atoms with E-state index < -0.39 is 35.0 Å². The maximum Gasteiger partial charge on any atom is 0.252 e. The van der Waals surface area contributed by atoms with Gasteiger partial charge in [0.1, 0.15) is 17.3 Å². The molecule has 3 rings (SSSR count). The van der Waals surface area contributed by atoms with E-state index in [9.17, 15) is 30.0 Å². The largest absolute Gasteiger partial charge is 0.511 e. The fourth-order valence-corrected chi connectivity index (χ4v) is 5.90. The molecule has 9 nitrogen and oxygen atoms in total. The van der Waals surface area contributed by atoms with Gasteiger partial charge in [-0.2, -0.15) is 0 Å². The Hall–Kier alpha value is -3.30. The van der Waals surface area contributed by atoms with Crippen molar-refractivity contribution >= 4 is 11.7 Å². The molecular formula is C29H41N3O6. The van der Waals surface area contributed by atoms with Gasteiger partial charge in [-0.15, -0.1) is 0 Å². The minimum absolute atomic E-state index is 0.0646. The van der Waals surface area contributed by atoms with E-state index in [1.54, 1.807) is 6.92 Å². The summed E-state index contributed by atoms with van der Waals surface area (Å²) in [6.45, 7) is 14.6. The highest BCUT2D eigenvalue weighted by atomic mass is 16.3. The Morgan fingerprint density at radius 2 is 1.92 bits per heavy atom. The quantitative estimate of drug-likeness (QED) is 0.208. The van der Waals surface area contributed by atoms with Gasteiger partial charge in [-0.25, -0.2) is 0 Å². The van der Waals surface area contributed by atoms with E-state index in [1.807, 2.05) is 25.1 Å². The third-order valence-corrected chi connectivity index (χ3v) is 7.93. The molecule has 1 unspecified atom stereocenters. The zero-order valence-corrected chi connectivity index (χ0v) is 23.0. The lowest BCUT2D eigenvalue weighted by atomic mass is 9.58. The molecule has 4 atom stereocenters. The molecule has 0 spiro atoms. The van der Waals surface area contributed by atoms with E-state index >= 15 is 0 Å². The van der Waals surface area contributed by atoms with Crippen molar-refractivity contribution in [3.05, 3.63) is 70.1 Å². The summed E-state index contributed by atoms with van der Waals surface area (Å²) in [7, 11) is 3.72. The lowest BCUT2D eigenvalue weighted by Gasteiger charge is -2.48. The van der Waals surface area contributed by atoms with Crippen LogP contribution >= 0.6 is 0 Å². The fraction of sp³-hybridized carbons (Fsp3) is 0.517. The summed E-state index contributed by atoms with van der Waals surface area (Å²) in [5.74, 6) is -3.46. The Labute approximate surface area is 224 Å². The van der Waals surface area contributed by atoms with E-state index in [2.05, 4.69) is 32.3 Å². The van der Waals surface area contributed by atoms with Crippen LogP contribution in [0.15, 0.2) is 70.1 Å². The summed E-state index contributed by atoms with van der Waals surface area (Å²) in [4.78, 5) is 27.5. The first kappa shape index (κ1) is 29.3. The third kappa shape index (κ3) is 5.05. The van der Waals surface area contributed by atoms with Crippen molar-refractivity contribution in [2.24, 2.45) is 29.4 Å². The zero-order valence-electron chi connectivity index (χ0n) is 23.0. The highest BCUT2D eigenvalue weighted by molar-refractivity contribution is 6.02. The van der Waals surface area contributed by atoms with E-state index in [0.717, 1.165) is 17.8 Å². The van der Waals surface area contributed by atoms with Gasteiger partial charge in [0.25, 0.3) is 5.91 Å². The van der Waals surface area contributed by atoms with Gasteiger partial charge in [0.05, 0.1) is 5.57 Å². The molecule has 0 aromatic rings. The molecule has 1 saturated carbocycles. The van der Waals surface area contributed by atoms with Crippen LogP contribution in [0.3, 0.4) is 0 Å². The molecule has 0 saturated heterocycles. The summed E-state index contributed by atoms with van der Waals surface area (Å²) >= 11 is 0. The maximum absolute atomic E-state index is 13.7. The van der Waals surface area contributed by atoms with Crippen LogP contribution in [0.1, 0.15) is 40.0 Å². The number of fused-ring (bicyclic) bond motifs is 2. The Morgan fingerprint density at radius 1 is 1.29 bits per heavy atom. The van der Waals surface area contributed by atoms with E-state index in [1.165, 1.54) is 0 Å². The molecule has 1 fully saturated rings. The monoisotopic (exact) mass is 527 g/mol. The van der Waals surface area contributed by atoms with Gasteiger partial charge in [-0.05, 0) is 42.9 Å². The minimum Gasteiger partial charge on any atom is -0.511 e. The number of nitrogens with zero attached hydrogens (tertiary/aromatic N) is 1. The van der Waals surface area contributed by atoms with Crippen LogP contribution in [0.25, 0.3) is 0 Å². The number of ketones is 1. The zero-order chi connectivity index (χ0) is 28.7. The van der Waals surface area contributed by atoms with Crippen molar-refractivity contribution in [3.8, 4) is 0 Å². The number of amides is 1. The van der Waals surface area contributed by atoms with Crippen molar-refractivity contribution in [2.45, 2.75) is 45.6 Å². The van der Waals surface area contributed by atoms with Crippen molar-refractivity contribution < 1.29 is 30.0 Å². The third-order valence-electron chi connectivity index (χ3n) is 7.93. The van der Waals surface area contributed by atoms with Gasteiger partial charge in [0.15, 0.2) is 11.4 Å². The molecule has 3 aliphatic rings. The second kappa shape index (κ2) is 10.8. The SMILES string of the molecule is C=C(O)/C(=C\C(=C1\C[C@H]2C[C@H]3CC(O)=C(C(N)=O)C(=C)[C@@]3(O)C(O)=C2C(=O)C1C)N(C)C)CNCC(C)C. The van der Waals surface area contributed by atoms with Gasteiger partial charge in [0, 0.05) is 61.3 Å². The van der Waals surface area contributed by atoms with Gasteiger partial charge < -0.3 is 36.4 Å². The number of likely N-dealkylation sites (N-methyl/N-ethyl adjacent to an activating group) is 1. The fourth-order valence-electron chi connectivity index (χ4n) is 5.90. The number of primary amides is 1. The maximum atomic E-state index is 13.7. The molecule has 0 aromatic carbocycles. The van der Waals surface area contributed by atoms with Gasteiger partial charge in [-0.1, -0.05) is 33.9 Å². The van der Waals surface area contributed by atoms with Gasteiger partial charge in [-0.3, -0.25) is 9.59 Å². The molecule has 0 radical (unpaired) electrons. The molecule has 0 heterocycles. The second-order valence-electron chi connectivity index (χ2n) is 11.3. The molecule has 0 aromatic heterocycles. The number of hydrogen-bond donors (Lipinski definition) is 6. The first-order valence-electron chi connectivity index (χ1n) is 12.9. The van der Waals surface area contributed by atoms with E-state index in [-0.39, 0.29) is 46.9 Å². The summed E-state index contributed by atoms with van der Waals surface area (Å²) < 4.78 is 0. The van der Waals surface area contributed by atoms with E-state index in [0.29, 0.717) is 24.5 Å². The number of allylic oxidation sites excluding steroid dienone is 4. The molecule has 38 heavy (non-hydrogen) atoms. The standard InChI is InChI=1S/C29H41N3O6/c1-14(2)12-31-13-19(17(5)33)10-22(32(6)7)21-9-18-8-20-11-23(34)24(28(30)37)16(4)29(20,38)27(36)25(18)26(35)15(21)3/h10,14-15,18,20,31,33-34,36,38H,4-5,8-9,11-13H2,1-3,6-7H3,(H2,30,37)/b19-10-,22-21+/t15?,18-,20+,29+/m1/s1.